The minimum Gasteiger partial charge on any atom is -0.387 e. The number of nitrogens with one attached hydrogen (secondary N) is 2. The third kappa shape index (κ3) is 3.06. The second-order valence-electron chi connectivity index (χ2n) is 5.73. The standard InChI is InChI=1S/C15H21N3O/c1-16-12-6-7-14(17-8-12)15(19)18-9-13(10-2-3-10)11-4-5-11/h6-8,10-11,13,16H,2-5,9H2,1H3,(H,18,19). The number of anilines is 1. The van der Waals surface area contributed by atoms with Crippen molar-refractivity contribution in [1.82, 2.24) is 10.3 Å². The van der Waals surface area contributed by atoms with Gasteiger partial charge < -0.3 is 10.6 Å². The molecular weight excluding hydrogens is 238 g/mol. The van der Waals surface area contributed by atoms with Crippen molar-refractivity contribution in [1.29, 1.82) is 0 Å². The average molecular weight is 259 g/mol. The fraction of sp³-hybridized carbons (Fsp3) is 0.600. The van der Waals surface area contributed by atoms with E-state index in [-0.39, 0.29) is 5.91 Å². The Kier molecular flexibility index (Phi) is 3.40. The van der Waals surface area contributed by atoms with Crippen LogP contribution in [-0.2, 0) is 0 Å². The van der Waals surface area contributed by atoms with Crippen LogP contribution >= 0.6 is 0 Å². The minimum atomic E-state index is -0.0473. The lowest BCUT2D eigenvalue weighted by Gasteiger charge is -2.16. The van der Waals surface area contributed by atoms with Crippen molar-refractivity contribution in [2.45, 2.75) is 25.7 Å². The van der Waals surface area contributed by atoms with Gasteiger partial charge in [-0.2, -0.15) is 0 Å². The molecule has 0 saturated heterocycles. The Morgan fingerprint density at radius 1 is 1.32 bits per heavy atom. The van der Waals surface area contributed by atoms with Crippen LogP contribution in [0.5, 0.6) is 0 Å². The van der Waals surface area contributed by atoms with E-state index in [1.54, 1.807) is 12.3 Å². The Bertz CT molecular complexity index is 437. The first-order chi connectivity index (χ1) is 9.28. The van der Waals surface area contributed by atoms with Gasteiger partial charge in [-0.1, -0.05) is 0 Å². The molecule has 2 aliphatic carbocycles. The smallest absolute Gasteiger partial charge is 0.269 e. The number of nitrogens with zero attached hydrogens (tertiary/aromatic N) is 1. The van der Waals surface area contributed by atoms with Crippen molar-refractivity contribution in [3.8, 4) is 0 Å². The predicted octanol–water partition coefficient (Wildman–Crippen LogP) is 2.29. The molecule has 4 heteroatoms. The van der Waals surface area contributed by atoms with Crippen LogP contribution in [0.2, 0.25) is 0 Å². The summed E-state index contributed by atoms with van der Waals surface area (Å²) in [6, 6.07) is 3.64. The van der Waals surface area contributed by atoms with E-state index in [0.717, 1.165) is 24.1 Å². The Morgan fingerprint density at radius 3 is 2.47 bits per heavy atom. The van der Waals surface area contributed by atoms with E-state index >= 15 is 0 Å². The van der Waals surface area contributed by atoms with Gasteiger partial charge in [-0.05, 0) is 55.6 Å². The summed E-state index contributed by atoms with van der Waals surface area (Å²) in [6.07, 6.45) is 7.10. The summed E-state index contributed by atoms with van der Waals surface area (Å²) in [4.78, 5) is 16.2. The fourth-order valence-electron chi connectivity index (χ4n) is 2.74. The first-order valence-electron chi connectivity index (χ1n) is 7.20. The fourth-order valence-corrected chi connectivity index (χ4v) is 2.74. The molecule has 0 spiro atoms. The maximum absolute atomic E-state index is 12.0. The van der Waals surface area contributed by atoms with E-state index in [1.807, 2.05) is 13.1 Å². The summed E-state index contributed by atoms with van der Waals surface area (Å²) in [6.45, 7) is 0.823. The highest BCUT2D eigenvalue weighted by atomic mass is 16.1. The van der Waals surface area contributed by atoms with Gasteiger partial charge in [0, 0.05) is 13.6 Å². The van der Waals surface area contributed by atoms with E-state index < -0.39 is 0 Å². The monoisotopic (exact) mass is 259 g/mol. The number of hydrogen-bond acceptors (Lipinski definition) is 3. The van der Waals surface area contributed by atoms with Crippen LogP contribution in [0.3, 0.4) is 0 Å². The molecule has 1 aromatic rings. The molecule has 19 heavy (non-hydrogen) atoms. The summed E-state index contributed by atoms with van der Waals surface area (Å²) in [5, 5.41) is 6.05. The predicted molar refractivity (Wildman–Crippen MR) is 75.1 cm³/mol. The Morgan fingerprint density at radius 2 is 2.00 bits per heavy atom. The van der Waals surface area contributed by atoms with Crippen LogP contribution in [0.15, 0.2) is 18.3 Å². The molecule has 1 amide bonds. The van der Waals surface area contributed by atoms with Gasteiger partial charge in [0.05, 0.1) is 11.9 Å². The molecule has 0 bridgehead atoms. The molecule has 1 aromatic heterocycles. The molecule has 2 fully saturated rings. The summed E-state index contributed by atoms with van der Waals surface area (Å²) in [7, 11) is 1.84. The number of rotatable bonds is 6. The second kappa shape index (κ2) is 5.19. The summed E-state index contributed by atoms with van der Waals surface area (Å²) < 4.78 is 0. The van der Waals surface area contributed by atoms with Crippen molar-refractivity contribution in [3.63, 3.8) is 0 Å². The summed E-state index contributed by atoms with van der Waals surface area (Å²) in [5.74, 6) is 2.40. The number of carbonyl (C=O) groups excluding carboxylic acids is 1. The third-order valence-corrected chi connectivity index (χ3v) is 4.24. The van der Waals surface area contributed by atoms with Crippen molar-refractivity contribution >= 4 is 11.6 Å². The zero-order chi connectivity index (χ0) is 13.2. The molecule has 2 saturated carbocycles. The SMILES string of the molecule is CNc1ccc(C(=O)NCC(C2CC2)C2CC2)nc1. The van der Waals surface area contributed by atoms with Crippen LogP contribution in [0, 0.1) is 17.8 Å². The van der Waals surface area contributed by atoms with Crippen LogP contribution < -0.4 is 10.6 Å². The van der Waals surface area contributed by atoms with E-state index in [0.29, 0.717) is 11.6 Å². The quantitative estimate of drug-likeness (QED) is 0.824. The van der Waals surface area contributed by atoms with Crippen molar-refractivity contribution in [2.75, 3.05) is 18.9 Å². The van der Waals surface area contributed by atoms with Crippen LogP contribution in [0.1, 0.15) is 36.2 Å². The largest absolute Gasteiger partial charge is 0.387 e. The van der Waals surface area contributed by atoms with Gasteiger partial charge in [0.1, 0.15) is 5.69 Å². The topological polar surface area (TPSA) is 54.0 Å². The molecule has 0 unspecified atom stereocenters. The number of carbonyl (C=O) groups is 1. The normalized spacial score (nSPS) is 18.4. The lowest BCUT2D eigenvalue weighted by molar-refractivity contribution is 0.0938. The maximum Gasteiger partial charge on any atom is 0.269 e. The van der Waals surface area contributed by atoms with E-state index in [4.69, 9.17) is 0 Å². The first-order valence-corrected chi connectivity index (χ1v) is 7.20. The van der Waals surface area contributed by atoms with Crippen LogP contribution in [0.4, 0.5) is 5.69 Å². The van der Waals surface area contributed by atoms with E-state index in [1.165, 1.54) is 25.7 Å². The number of hydrogen-bond donors (Lipinski definition) is 2. The molecule has 3 rings (SSSR count). The molecule has 102 valence electrons. The zero-order valence-electron chi connectivity index (χ0n) is 11.4. The van der Waals surface area contributed by atoms with Gasteiger partial charge in [-0.3, -0.25) is 4.79 Å². The Balaban J connectivity index is 1.54. The van der Waals surface area contributed by atoms with Crippen molar-refractivity contribution in [2.24, 2.45) is 17.8 Å². The minimum absolute atomic E-state index is 0.0473. The van der Waals surface area contributed by atoms with Gasteiger partial charge >= 0.3 is 0 Å². The summed E-state index contributed by atoms with van der Waals surface area (Å²) >= 11 is 0. The van der Waals surface area contributed by atoms with Crippen LogP contribution in [0.25, 0.3) is 0 Å². The first kappa shape index (κ1) is 12.5. The molecule has 2 N–H and O–H groups in total. The Hall–Kier alpha value is -1.58. The number of pyridine rings is 1. The van der Waals surface area contributed by atoms with Crippen molar-refractivity contribution in [3.05, 3.63) is 24.0 Å². The molecule has 1 heterocycles. The lowest BCUT2D eigenvalue weighted by atomic mass is 9.98. The Labute approximate surface area is 114 Å². The molecule has 0 atom stereocenters. The molecule has 0 aromatic carbocycles. The highest BCUT2D eigenvalue weighted by molar-refractivity contribution is 5.92. The van der Waals surface area contributed by atoms with Crippen molar-refractivity contribution < 1.29 is 4.79 Å². The van der Waals surface area contributed by atoms with Gasteiger partial charge in [0.2, 0.25) is 0 Å². The average Bonchev–Trinajstić information content (AvgIpc) is 3.31. The molecule has 0 aliphatic heterocycles. The molecule has 4 nitrogen and oxygen atoms in total. The highest BCUT2D eigenvalue weighted by Gasteiger charge is 2.41. The van der Waals surface area contributed by atoms with Crippen LogP contribution in [-0.4, -0.2) is 24.5 Å². The van der Waals surface area contributed by atoms with Gasteiger partial charge in [0.25, 0.3) is 5.91 Å². The van der Waals surface area contributed by atoms with Gasteiger partial charge in [0.15, 0.2) is 0 Å². The lowest BCUT2D eigenvalue weighted by Crippen LogP contribution is -2.31. The molecule has 2 aliphatic rings. The van der Waals surface area contributed by atoms with E-state index in [9.17, 15) is 4.79 Å². The molecular formula is C15H21N3O. The highest BCUT2D eigenvalue weighted by Crippen LogP contribution is 2.48. The number of amides is 1. The second-order valence-corrected chi connectivity index (χ2v) is 5.73. The maximum atomic E-state index is 12.0. The number of aromatic nitrogens is 1. The summed E-state index contributed by atoms with van der Waals surface area (Å²) in [5.41, 5.74) is 1.43. The zero-order valence-corrected chi connectivity index (χ0v) is 11.4. The third-order valence-electron chi connectivity index (χ3n) is 4.24. The van der Waals surface area contributed by atoms with E-state index in [2.05, 4.69) is 15.6 Å². The van der Waals surface area contributed by atoms with Gasteiger partial charge in [-0.15, -0.1) is 0 Å². The molecule has 0 radical (unpaired) electrons. The van der Waals surface area contributed by atoms with Gasteiger partial charge in [-0.25, -0.2) is 4.98 Å².